The number of rotatable bonds is 7. The molecule has 0 saturated heterocycles. The highest BCUT2D eigenvalue weighted by atomic mass is 16.6. The minimum Gasteiger partial charge on any atom is -0.358 e. The molecule has 0 bridgehead atoms. The summed E-state index contributed by atoms with van der Waals surface area (Å²) in [7, 11) is 0. The average molecular weight is 382 g/mol. The maximum atomic E-state index is 12.5. The van der Waals surface area contributed by atoms with Gasteiger partial charge in [0.1, 0.15) is 0 Å². The van der Waals surface area contributed by atoms with Crippen molar-refractivity contribution < 1.29 is 9.72 Å². The van der Waals surface area contributed by atoms with E-state index in [1.165, 1.54) is 10.7 Å². The third-order valence-electron chi connectivity index (χ3n) is 4.46. The van der Waals surface area contributed by atoms with Crippen molar-refractivity contribution in [2.45, 2.75) is 33.9 Å². The van der Waals surface area contributed by atoms with E-state index in [0.29, 0.717) is 18.1 Å². The number of carbonyl (C=O) groups excluding carboxylic acids is 1. The van der Waals surface area contributed by atoms with Crippen LogP contribution in [-0.2, 0) is 17.9 Å². The minimum absolute atomic E-state index is 0.220. The summed E-state index contributed by atoms with van der Waals surface area (Å²) in [5.74, 6) is -0.395. The van der Waals surface area contributed by atoms with Crippen LogP contribution in [0.1, 0.15) is 23.9 Å². The van der Waals surface area contributed by atoms with Crippen molar-refractivity contribution in [3.63, 3.8) is 0 Å². The molecule has 9 nitrogen and oxygen atoms in total. The fourth-order valence-corrected chi connectivity index (χ4v) is 2.85. The highest BCUT2D eigenvalue weighted by Gasteiger charge is 2.21. The Morgan fingerprint density at radius 2 is 1.82 bits per heavy atom. The van der Waals surface area contributed by atoms with Gasteiger partial charge in [0.15, 0.2) is 5.82 Å². The molecule has 146 valence electrons. The summed E-state index contributed by atoms with van der Waals surface area (Å²) < 4.78 is 3.30. The zero-order valence-electron chi connectivity index (χ0n) is 16.0. The van der Waals surface area contributed by atoms with Crippen LogP contribution < -0.4 is 5.32 Å². The van der Waals surface area contributed by atoms with Crippen molar-refractivity contribution in [1.29, 1.82) is 0 Å². The van der Waals surface area contributed by atoms with E-state index >= 15 is 0 Å². The third-order valence-corrected chi connectivity index (χ3v) is 4.46. The van der Waals surface area contributed by atoms with Gasteiger partial charge < -0.3 is 15.4 Å². The molecular formula is C19H22N6O3. The van der Waals surface area contributed by atoms with Crippen molar-refractivity contribution in [2.24, 2.45) is 5.92 Å². The van der Waals surface area contributed by atoms with E-state index in [1.54, 1.807) is 13.8 Å². The number of carbonyl (C=O) groups is 1. The van der Waals surface area contributed by atoms with Gasteiger partial charge in [0.05, 0.1) is 35.9 Å². The molecule has 1 aromatic carbocycles. The normalized spacial score (nSPS) is 12.0. The number of nitrogens with zero attached hydrogens (tertiary/aromatic N) is 5. The van der Waals surface area contributed by atoms with Gasteiger partial charge in [-0.15, -0.1) is 0 Å². The van der Waals surface area contributed by atoms with Crippen molar-refractivity contribution in [2.75, 3.05) is 5.32 Å². The Bertz CT molecular complexity index is 993. The lowest BCUT2D eigenvalue weighted by Gasteiger charge is -2.10. The predicted molar refractivity (Wildman–Crippen MR) is 104 cm³/mol. The fraction of sp³-hybridized carbons (Fsp3) is 0.316. The van der Waals surface area contributed by atoms with E-state index in [2.05, 4.69) is 15.5 Å². The first kappa shape index (κ1) is 19.3. The minimum atomic E-state index is -0.545. The molecule has 0 spiro atoms. The van der Waals surface area contributed by atoms with Crippen LogP contribution in [0.15, 0.2) is 42.5 Å². The molecule has 28 heavy (non-hydrogen) atoms. The molecule has 0 aliphatic rings. The van der Waals surface area contributed by atoms with Crippen LogP contribution in [0, 0.1) is 29.9 Å². The van der Waals surface area contributed by atoms with Gasteiger partial charge in [-0.3, -0.25) is 9.48 Å². The van der Waals surface area contributed by atoms with E-state index in [0.717, 1.165) is 11.3 Å². The number of anilines is 1. The second-order valence-corrected chi connectivity index (χ2v) is 6.79. The Morgan fingerprint density at radius 1 is 1.14 bits per heavy atom. The Hall–Kier alpha value is -3.49. The van der Waals surface area contributed by atoms with Gasteiger partial charge in [0.2, 0.25) is 5.91 Å². The fourth-order valence-electron chi connectivity index (χ4n) is 2.85. The van der Waals surface area contributed by atoms with E-state index in [9.17, 15) is 14.9 Å². The van der Waals surface area contributed by atoms with Crippen molar-refractivity contribution in [3.8, 4) is 0 Å². The topological polar surface area (TPSA) is 108 Å². The molecule has 1 atom stereocenters. The van der Waals surface area contributed by atoms with Crippen molar-refractivity contribution >= 4 is 17.5 Å². The number of hydrogen-bond donors (Lipinski definition) is 1. The van der Waals surface area contributed by atoms with Gasteiger partial charge in [-0.25, -0.2) is 0 Å². The summed E-state index contributed by atoms with van der Waals surface area (Å²) >= 11 is 0. The molecule has 1 amide bonds. The van der Waals surface area contributed by atoms with Crippen LogP contribution in [0.25, 0.3) is 0 Å². The Kier molecular flexibility index (Phi) is 5.53. The predicted octanol–water partition coefficient (Wildman–Crippen LogP) is 2.93. The zero-order valence-corrected chi connectivity index (χ0v) is 16.0. The van der Waals surface area contributed by atoms with Gasteiger partial charge in [0.25, 0.3) is 0 Å². The van der Waals surface area contributed by atoms with E-state index in [4.69, 9.17) is 0 Å². The Balaban J connectivity index is 1.64. The number of nitrogens with one attached hydrogen (secondary N) is 1. The van der Waals surface area contributed by atoms with Crippen LogP contribution in [-0.4, -0.2) is 30.4 Å². The number of aryl methyl sites for hydroxylation is 2. The number of hydrogen-bond acceptors (Lipinski definition) is 5. The highest BCUT2D eigenvalue weighted by Crippen LogP contribution is 2.15. The van der Waals surface area contributed by atoms with Crippen molar-refractivity contribution in [3.05, 3.63) is 69.5 Å². The molecule has 0 aliphatic heterocycles. The van der Waals surface area contributed by atoms with Gasteiger partial charge in [-0.1, -0.05) is 37.3 Å². The number of benzene rings is 1. The zero-order chi connectivity index (χ0) is 20.3. The summed E-state index contributed by atoms with van der Waals surface area (Å²) in [6.07, 6.45) is 0. The monoisotopic (exact) mass is 382 g/mol. The molecule has 1 unspecified atom stereocenters. The lowest BCUT2D eigenvalue weighted by molar-refractivity contribution is -0.389. The van der Waals surface area contributed by atoms with Crippen LogP contribution in [0.5, 0.6) is 0 Å². The summed E-state index contributed by atoms with van der Waals surface area (Å²) in [4.78, 5) is 22.8. The Morgan fingerprint density at radius 3 is 2.46 bits per heavy atom. The largest absolute Gasteiger partial charge is 0.390 e. The van der Waals surface area contributed by atoms with Gasteiger partial charge in [0, 0.05) is 11.8 Å². The molecule has 3 rings (SSSR count). The third kappa shape index (κ3) is 4.43. The van der Waals surface area contributed by atoms with Gasteiger partial charge in [-0.2, -0.15) is 9.78 Å². The van der Waals surface area contributed by atoms with E-state index in [-0.39, 0.29) is 18.3 Å². The smallest absolute Gasteiger partial charge is 0.358 e. The summed E-state index contributed by atoms with van der Waals surface area (Å²) in [6, 6.07) is 13.2. The van der Waals surface area contributed by atoms with E-state index < -0.39 is 10.8 Å². The van der Waals surface area contributed by atoms with E-state index in [1.807, 2.05) is 48.0 Å². The lowest BCUT2D eigenvalue weighted by Crippen LogP contribution is -2.25. The molecule has 0 saturated carbocycles. The molecule has 0 radical (unpaired) electrons. The molecular weight excluding hydrogens is 360 g/mol. The molecule has 3 aromatic rings. The first-order valence-electron chi connectivity index (χ1n) is 8.91. The summed E-state index contributed by atoms with van der Waals surface area (Å²) in [6.45, 7) is 6.26. The van der Waals surface area contributed by atoms with Gasteiger partial charge in [-0.05, 0) is 24.3 Å². The quantitative estimate of drug-likeness (QED) is 0.499. The summed E-state index contributed by atoms with van der Waals surface area (Å²) in [5.41, 5.74) is 2.69. The molecule has 2 aromatic heterocycles. The Labute approximate surface area is 162 Å². The summed E-state index contributed by atoms with van der Waals surface area (Å²) in [5, 5.41) is 22.0. The van der Waals surface area contributed by atoms with Crippen LogP contribution in [0.3, 0.4) is 0 Å². The van der Waals surface area contributed by atoms with Crippen LogP contribution in [0.2, 0.25) is 0 Å². The van der Waals surface area contributed by atoms with Crippen LogP contribution in [0.4, 0.5) is 11.6 Å². The standard InChI is InChI=1S/C19H22N6O3/c1-13(11-23-15(3)10-18(22-23)25(27)28)19(26)20-17-9-14(2)24(21-17)12-16-7-5-4-6-8-16/h4-10,13H,11-12H2,1-3H3,(H,20,21,26). The first-order valence-corrected chi connectivity index (χ1v) is 8.91. The van der Waals surface area contributed by atoms with Crippen molar-refractivity contribution in [1.82, 2.24) is 19.6 Å². The molecule has 9 heteroatoms. The second-order valence-electron chi connectivity index (χ2n) is 6.79. The lowest BCUT2D eigenvalue weighted by atomic mass is 10.1. The maximum Gasteiger partial charge on any atom is 0.390 e. The molecule has 0 aliphatic carbocycles. The first-order chi connectivity index (χ1) is 13.3. The second kappa shape index (κ2) is 8.03. The number of amides is 1. The van der Waals surface area contributed by atoms with Gasteiger partial charge >= 0.3 is 5.82 Å². The SMILES string of the molecule is Cc1cc(NC(=O)C(C)Cn2nc([N+](=O)[O-])cc2C)nn1Cc1ccccc1. The molecule has 2 heterocycles. The molecule has 0 fully saturated rings. The number of aromatic nitrogens is 4. The number of nitro groups is 1. The molecule has 1 N–H and O–H groups in total. The maximum absolute atomic E-state index is 12.5. The van der Waals surface area contributed by atoms with Crippen LogP contribution >= 0.6 is 0 Å². The average Bonchev–Trinajstić information content (AvgIpc) is 3.18. The highest BCUT2D eigenvalue weighted by molar-refractivity contribution is 5.91.